The number of nitrogens with one attached hydrogen (secondary N) is 1. The van der Waals surface area contributed by atoms with Crippen LogP contribution in [0.5, 0.6) is 0 Å². The Morgan fingerprint density at radius 2 is 1.70 bits per heavy atom. The van der Waals surface area contributed by atoms with Crippen molar-refractivity contribution < 1.29 is 8.78 Å². The normalized spacial score (nSPS) is 10.9. The first-order chi connectivity index (χ1) is 9.66. The van der Waals surface area contributed by atoms with Gasteiger partial charge in [0.25, 0.3) is 0 Å². The Morgan fingerprint density at radius 3 is 2.45 bits per heavy atom. The highest BCUT2D eigenvalue weighted by molar-refractivity contribution is 5.84. The van der Waals surface area contributed by atoms with Crippen LogP contribution < -0.4 is 5.32 Å². The minimum atomic E-state index is -0.578. The van der Waals surface area contributed by atoms with Gasteiger partial charge in [0, 0.05) is 30.7 Å². The molecule has 1 N–H and O–H groups in total. The highest BCUT2D eigenvalue weighted by Crippen LogP contribution is 2.23. The Balaban J connectivity index is 1.91. The average Bonchev–Trinajstić information content (AvgIpc) is 2.76. The lowest BCUT2D eigenvalue weighted by atomic mass is 10.1. The Labute approximate surface area is 115 Å². The van der Waals surface area contributed by atoms with Gasteiger partial charge in [-0.3, -0.25) is 0 Å². The Bertz CT molecular complexity index is 742. The summed E-state index contributed by atoms with van der Waals surface area (Å²) in [7, 11) is 1.95. The van der Waals surface area contributed by atoms with Crippen LogP contribution in [0.2, 0.25) is 0 Å². The van der Waals surface area contributed by atoms with E-state index in [4.69, 9.17) is 0 Å². The van der Waals surface area contributed by atoms with Crippen LogP contribution in [0.15, 0.2) is 48.7 Å². The second-order valence-corrected chi connectivity index (χ2v) is 4.73. The summed E-state index contributed by atoms with van der Waals surface area (Å²) < 4.78 is 29.1. The molecule has 0 aliphatic heterocycles. The van der Waals surface area contributed by atoms with Crippen molar-refractivity contribution in [1.29, 1.82) is 0 Å². The standard InChI is InChI=1S/C16H14F2N2/c1-20-10-11(12-5-2-3-8-15(12)20)9-19-16-13(17)6-4-7-14(16)18/h2-8,10,19H,9H2,1H3. The van der Waals surface area contributed by atoms with Gasteiger partial charge in [0.1, 0.15) is 17.3 Å². The van der Waals surface area contributed by atoms with Crippen LogP contribution in [0, 0.1) is 11.6 Å². The van der Waals surface area contributed by atoms with Crippen LogP contribution >= 0.6 is 0 Å². The van der Waals surface area contributed by atoms with Gasteiger partial charge in [-0.15, -0.1) is 0 Å². The lowest BCUT2D eigenvalue weighted by Crippen LogP contribution is -2.03. The van der Waals surface area contributed by atoms with Gasteiger partial charge in [0.15, 0.2) is 0 Å². The van der Waals surface area contributed by atoms with Crippen LogP contribution in [-0.2, 0) is 13.6 Å². The van der Waals surface area contributed by atoms with Gasteiger partial charge in [-0.1, -0.05) is 24.3 Å². The average molecular weight is 272 g/mol. The van der Waals surface area contributed by atoms with Crippen molar-refractivity contribution in [2.75, 3.05) is 5.32 Å². The zero-order valence-electron chi connectivity index (χ0n) is 11.0. The van der Waals surface area contributed by atoms with Gasteiger partial charge in [0.2, 0.25) is 0 Å². The molecule has 0 saturated carbocycles. The predicted molar refractivity (Wildman–Crippen MR) is 76.6 cm³/mol. The van der Waals surface area contributed by atoms with Crippen molar-refractivity contribution in [2.24, 2.45) is 7.05 Å². The highest BCUT2D eigenvalue weighted by Gasteiger charge is 2.10. The van der Waals surface area contributed by atoms with E-state index in [0.29, 0.717) is 6.54 Å². The number of hydrogen-bond donors (Lipinski definition) is 1. The van der Waals surface area contributed by atoms with E-state index in [1.54, 1.807) is 0 Å². The minimum Gasteiger partial charge on any atom is -0.376 e. The fourth-order valence-corrected chi connectivity index (χ4v) is 2.42. The van der Waals surface area contributed by atoms with Gasteiger partial charge in [0.05, 0.1) is 0 Å². The molecule has 20 heavy (non-hydrogen) atoms. The highest BCUT2D eigenvalue weighted by atomic mass is 19.1. The molecule has 0 atom stereocenters. The van der Waals surface area contributed by atoms with Crippen LogP contribution in [-0.4, -0.2) is 4.57 Å². The zero-order chi connectivity index (χ0) is 14.1. The fraction of sp³-hybridized carbons (Fsp3) is 0.125. The third-order valence-electron chi connectivity index (χ3n) is 3.40. The first-order valence-electron chi connectivity index (χ1n) is 6.37. The number of para-hydroxylation sites is 2. The van der Waals surface area contributed by atoms with Gasteiger partial charge in [-0.25, -0.2) is 8.78 Å². The summed E-state index contributed by atoms with van der Waals surface area (Å²) in [5.41, 5.74) is 2.02. The van der Waals surface area contributed by atoms with Crippen LogP contribution in [0.25, 0.3) is 10.9 Å². The van der Waals surface area contributed by atoms with E-state index in [0.717, 1.165) is 16.5 Å². The number of anilines is 1. The summed E-state index contributed by atoms with van der Waals surface area (Å²) in [6.07, 6.45) is 1.97. The van der Waals surface area contributed by atoms with Gasteiger partial charge in [-0.2, -0.15) is 0 Å². The van der Waals surface area contributed by atoms with Crippen molar-refractivity contribution in [1.82, 2.24) is 4.57 Å². The summed E-state index contributed by atoms with van der Waals surface area (Å²) in [4.78, 5) is 0. The first-order valence-corrected chi connectivity index (χ1v) is 6.37. The minimum absolute atomic E-state index is 0.0829. The third kappa shape index (κ3) is 2.13. The van der Waals surface area contributed by atoms with Crippen molar-refractivity contribution in [2.45, 2.75) is 6.54 Å². The molecule has 0 radical (unpaired) electrons. The number of rotatable bonds is 3. The van der Waals surface area contributed by atoms with Crippen LogP contribution in [0.4, 0.5) is 14.5 Å². The predicted octanol–water partition coefficient (Wildman–Crippen LogP) is 4.07. The Kier molecular flexibility index (Phi) is 3.14. The Morgan fingerprint density at radius 1 is 1.00 bits per heavy atom. The Hall–Kier alpha value is -2.36. The summed E-state index contributed by atoms with van der Waals surface area (Å²) in [5, 5.41) is 3.92. The van der Waals surface area contributed by atoms with Gasteiger partial charge in [-0.05, 0) is 23.8 Å². The molecule has 3 rings (SSSR count). The van der Waals surface area contributed by atoms with Crippen molar-refractivity contribution in [3.63, 3.8) is 0 Å². The van der Waals surface area contributed by atoms with Crippen molar-refractivity contribution in [3.8, 4) is 0 Å². The fourth-order valence-electron chi connectivity index (χ4n) is 2.42. The molecule has 4 heteroatoms. The molecule has 102 valence electrons. The molecule has 0 bridgehead atoms. The van der Waals surface area contributed by atoms with Crippen molar-refractivity contribution in [3.05, 3.63) is 65.9 Å². The summed E-state index contributed by atoms with van der Waals surface area (Å²) >= 11 is 0. The number of aromatic nitrogens is 1. The largest absolute Gasteiger partial charge is 0.376 e. The molecule has 0 saturated heterocycles. The number of fused-ring (bicyclic) bond motifs is 1. The molecule has 2 aromatic carbocycles. The first kappa shape index (κ1) is 12.7. The molecule has 0 amide bonds. The van der Waals surface area contributed by atoms with Crippen molar-refractivity contribution >= 4 is 16.6 Å². The molecule has 1 aromatic heterocycles. The molecule has 0 unspecified atom stereocenters. The third-order valence-corrected chi connectivity index (χ3v) is 3.40. The number of nitrogens with zero attached hydrogens (tertiary/aromatic N) is 1. The quantitative estimate of drug-likeness (QED) is 0.760. The number of halogens is 2. The summed E-state index contributed by atoms with van der Waals surface area (Å²) in [6, 6.07) is 11.8. The lowest BCUT2D eigenvalue weighted by Gasteiger charge is -2.07. The van der Waals surface area contributed by atoms with E-state index in [1.807, 2.05) is 42.1 Å². The number of benzene rings is 2. The maximum absolute atomic E-state index is 13.6. The van der Waals surface area contributed by atoms with E-state index in [-0.39, 0.29) is 5.69 Å². The van der Waals surface area contributed by atoms with E-state index in [9.17, 15) is 8.78 Å². The maximum atomic E-state index is 13.6. The maximum Gasteiger partial charge on any atom is 0.149 e. The summed E-state index contributed by atoms with van der Waals surface area (Å²) in [6.45, 7) is 0.374. The van der Waals surface area contributed by atoms with E-state index < -0.39 is 11.6 Å². The molecular weight excluding hydrogens is 258 g/mol. The second kappa shape index (κ2) is 4.96. The van der Waals surface area contributed by atoms with Crippen LogP contribution in [0.3, 0.4) is 0 Å². The molecule has 0 fully saturated rings. The second-order valence-electron chi connectivity index (χ2n) is 4.73. The molecule has 0 aliphatic carbocycles. The molecule has 3 aromatic rings. The van der Waals surface area contributed by atoms with Crippen LogP contribution in [0.1, 0.15) is 5.56 Å². The smallest absolute Gasteiger partial charge is 0.149 e. The van der Waals surface area contributed by atoms with E-state index in [1.165, 1.54) is 18.2 Å². The zero-order valence-corrected chi connectivity index (χ0v) is 11.0. The number of hydrogen-bond acceptors (Lipinski definition) is 1. The SMILES string of the molecule is Cn1cc(CNc2c(F)cccc2F)c2ccccc21. The molecule has 1 heterocycles. The number of aryl methyl sites for hydroxylation is 1. The monoisotopic (exact) mass is 272 g/mol. The van der Waals surface area contributed by atoms with E-state index >= 15 is 0 Å². The lowest BCUT2D eigenvalue weighted by molar-refractivity contribution is 0.588. The van der Waals surface area contributed by atoms with Gasteiger partial charge >= 0.3 is 0 Å². The molecule has 0 spiro atoms. The molecule has 2 nitrogen and oxygen atoms in total. The molecule has 0 aliphatic rings. The molecular formula is C16H14F2N2. The van der Waals surface area contributed by atoms with Gasteiger partial charge < -0.3 is 9.88 Å². The summed E-state index contributed by atoms with van der Waals surface area (Å²) in [5.74, 6) is -1.16. The van der Waals surface area contributed by atoms with E-state index in [2.05, 4.69) is 5.32 Å². The topological polar surface area (TPSA) is 17.0 Å².